The van der Waals surface area contributed by atoms with E-state index >= 15 is 0 Å². The summed E-state index contributed by atoms with van der Waals surface area (Å²) in [6.07, 6.45) is 2.90. The zero-order chi connectivity index (χ0) is 13.5. The van der Waals surface area contributed by atoms with E-state index in [2.05, 4.69) is 45.0 Å². The van der Waals surface area contributed by atoms with Crippen molar-refractivity contribution < 1.29 is 4.74 Å². The number of morpholine rings is 1. The molecule has 3 nitrogen and oxygen atoms in total. The summed E-state index contributed by atoms with van der Waals surface area (Å²) in [6, 6.07) is 0.640. The summed E-state index contributed by atoms with van der Waals surface area (Å²) >= 11 is 0. The number of nitrogens with zero attached hydrogens (tertiary/aromatic N) is 1. The topological polar surface area (TPSA) is 24.5 Å². The molecular formula is C15H32N2O. The zero-order valence-electron chi connectivity index (χ0n) is 12.9. The second kappa shape index (κ2) is 8.13. The molecule has 0 saturated carbocycles. The van der Waals surface area contributed by atoms with Crippen LogP contribution < -0.4 is 5.32 Å². The number of rotatable bonds is 7. The predicted molar refractivity (Wildman–Crippen MR) is 77.9 cm³/mol. The molecule has 1 aliphatic heterocycles. The Balaban J connectivity index is 2.30. The third kappa shape index (κ3) is 6.72. The van der Waals surface area contributed by atoms with Crippen LogP contribution in [0.3, 0.4) is 0 Å². The van der Waals surface area contributed by atoms with Gasteiger partial charge in [0.05, 0.1) is 12.7 Å². The van der Waals surface area contributed by atoms with Gasteiger partial charge >= 0.3 is 0 Å². The molecule has 18 heavy (non-hydrogen) atoms. The Hall–Kier alpha value is -0.120. The van der Waals surface area contributed by atoms with Gasteiger partial charge in [-0.2, -0.15) is 0 Å². The number of nitrogens with one attached hydrogen (secondary N) is 1. The highest BCUT2D eigenvalue weighted by atomic mass is 16.5. The highest BCUT2D eigenvalue weighted by Crippen LogP contribution is 2.13. The van der Waals surface area contributed by atoms with Gasteiger partial charge in [-0.25, -0.2) is 0 Å². The van der Waals surface area contributed by atoms with Gasteiger partial charge in [0.2, 0.25) is 0 Å². The molecule has 0 aromatic carbocycles. The lowest BCUT2D eigenvalue weighted by atomic mass is 9.95. The summed E-state index contributed by atoms with van der Waals surface area (Å²) in [5.41, 5.74) is 0. The van der Waals surface area contributed by atoms with Crippen LogP contribution in [-0.2, 0) is 4.74 Å². The van der Waals surface area contributed by atoms with E-state index in [9.17, 15) is 0 Å². The van der Waals surface area contributed by atoms with Crippen molar-refractivity contribution in [2.75, 3.05) is 33.3 Å². The van der Waals surface area contributed by atoms with Gasteiger partial charge in [-0.15, -0.1) is 0 Å². The normalized spacial score (nSPS) is 22.3. The average Bonchev–Trinajstić information content (AvgIpc) is 2.24. The van der Waals surface area contributed by atoms with Crippen LogP contribution in [0.1, 0.15) is 40.5 Å². The summed E-state index contributed by atoms with van der Waals surface area (Å²) in [5, 5.41) is 3.72. The van der Waals surface area contributed by atoms with Gasteiger partial charge in [-0.1, -0.05) is 27.7 Å². The van der Waals surface area contributed by atoms with Crippen molar-refractivity contribution in [1.29, 1.82) is 0 Å². The highest BCUT2D eigenvalue weighted by molar-refractivity contribution is 4.76. The molecule has 108 valence electrons. The van der Waals surface area contributed by atoms with E-state index in [1.54, 1.807) is 0 Å². The van der Waals surface area contributed by atoms with Gasteiger partial charge in [0.1, 0.15) is 0 Å². The molecule has 1 fully saturated rings. The molecule has 1 saturated heterocycles. The first-order valence-electron chi connectivity index (χ1n) is 7.51. The molecule has 0 amide bonds. The molecule has 1 unspecified atom stereocenters. The maximum absolute atomic E-state index is 5.80. The Labute approximate surface area is 113 Å². The van der Waals surface area contributed by atoms with E-state index in [0.717, 1.165) is 38.1 Å². The maximum atomic E-state index is 5.80. The summed E-state index contributed by atoms with van der Waals surface area (Å²) in [7, 11) is 2.18. The van der Waals surface area contributed by atoms with Crippen LogP contribution in [0.2, 0.25) is 0 Å². The molecule has 3 heteroatoms. The van der Waals surface area contributed by atoms with Crippen molar-refractivity contribution in [3.8, 4) is 0 Å². The van der Waals surface area contributed by atoms with Crippen LogP contribution in [0, 0.1) is 11.8 Å². The third-order valence-corrected chi connectivity index (χ3v) is 3.49. The molecule has 1 N–H and O–H groups in total. The maximum Gasteiger partial charge on any atom is 0.0826 e. The summed E-state index contributed by atoms with van der Waals surface area (Å²) in [4.78, 5) is 2.36. The van der Waals surface area contributed by atoms with Gasteiger partial charge < -0.3 is 15.0 Å². The van der Waals surface area contributed by atoms with Crippen molar-refractivity contribution in [1.82, 2.24) is 10.2 Å². The van der Waals surface area contributed by atoms with Crippen LogP contribution in [0.25, 0.3) is 0 Å². The largest absolute Gasteiger partial charge is 0.374 e. The fourth-order valence-corrected chi connectivity index (χ4v) is 2.69. The minimum atomic E-state index is 0.366. The van der Waals surface area contributed by atoms with E-state index in [-0.39, 0.29) is 0 Å². The van der Waals surface area contributed by atoms with Crippen LogP contribution >= 0.6 is 0 Å². The Kier molecular flexibility index (Phi) is 7.20. The lowest BCUT2D eigenvalue weighted by Gasteiger charge is -2.32. The number of likely N-dealkylation sites (N-methyl/N-ethyl adjacent to an activating group) is 1. The van der Waals surface area contributed by atoms with Crippen LogP contribution in [0.15, 0.2) is 0 Å². The number of hydrogen-bond donors (Lipinski definition) is 1. The highest BCUT2D eigenvalue weighted by Gasteiger charge is 2.19. The first kappa shape index (κ1) is 15.9. The molecule has 1 atom stereocenters. The van der Waals surface area contributed by atoms with Crippen molar-refractivity contribution in [3.05, 3.63) is 0 Å². The van der Waals surface area contributed by atoms with Gasteiger partial charge in [0.15, 0.2) is 0 Å². The zero-order valence-corrected chi connectivity index (χ0v) is 12.9. The second-order valence-corrected chi connectivity index (χ2v) is 6.62. The van der Waals surface area contributed by atoms with E-state index in [4.69, 9.17) is 4.74 Å². The molecule has 0 aliphatic carbocycles. The third-order valence-electron chi connectivity index (χ3n) is 3.49. The predicted octanol–water partition coefficient (Wildman–Crippen LogP) is 2.37. The molecule has 1 rings (SSSR count). The minimum Gasteiger partial charge on any atom is -0.374 e. The van der Waals surface area contributed by atoms with E-state index < -0.39 is 0 Å². The first-order chi connectivity index (χ1) is 8.47. The molecule has 1 aliphatic rings. The van der Waals surface area contributed by atoms with Gasteiger partial charge in [-0.3, -0.25) is 0 Å². The van der Waals surface area contributed by atoms with Gasteiger partial charge in [0, 0.05) is 25.7 Å². The molecule has 0 spiro atoms. The fourth-order valence-electron chi connectivity index (χ4n) is 2.69. The molecule has 0 aromatic rings. The van der Waals surface area contributed by atoms with Crippen LogP contribution in [0.5, 0.6) is 0 Å². The quantitative estimate of drug-likeness (QED) is 0.757. The van der Waals surface area contributed by atoms with Gasteiger partial charge in [-0.05, 0) is 31.7 Å². The summed E-state index contributed by atoms with van der Waals surface area (Å²) in [6.45, 7) is 13.2. The summed E-state index contributed by atoms with van der Waals surface area (Å²) in [5.74, 6) is 1.52. The monoisotopic (exact) mass is 256 g/mol. The fraction of sp³-hybridized carbons (Fsp3) is 1.00. The molecule has 0 radical (unpaired) electrons. The Bertz CT molecular complexity index is 209. The van der Waals surface area contributed by atoms with E-state index in [0.29, 0.717) is 12.1 Å². The van der Waals surface area contributed by atoms with Crippen molar-refractivity contribution in [3.63, 3.8) is 0 Å². The van der Waals surface area contributed by atoms with Crippen molar-refractivity contribution in [2.24, 2.45) is 11.8 Å². The molecule has 0 bridgehead atoms. The molecular weight excluding hydrogens is 224 g/mol. The van der Waals surface area contributed by atoms with Crippen LogP contribution in [0.4, 0.5) is 0 Å². The van der Waals surface area contributed by atoms with Gasteiger partial charge in [0.25, 0.3) is 0 Å². The van der Waals surface area contributed by atoms with E-state index in [1.165, 1.54) is 12.8 Å². The van der Waals surface area contributed by atoms with Crippen molar-refractivity contribution in [2.45, 2.75) is 52.7 Å². The number of ether oxygens (including phenoxy) is 1. The minimum absolute atomic E-state index is 0.366. The lowest BCUT2D eigenvalue weighted by molar-refractivity contribution is -0.0198. The second-order valence-electron chi connectivity index (χ2n) is 6.62. The average molecular weight is 256 g/mol. The number of hydrogen-bond acceptors (Lipinski definition) is 3. The SMILES string of the molecule is CC(C)CC(CC(C)C)NCC1CN(C)CCO1. The first-order valence-corrected chi connectivity index (χ1v) is 7.51. The summed E-state index contributed by atoms with van der Waals surface area (Å²) < 4.78 is 5.80. The Morgan fingerprint density at radius 2 is 1.78 bits per heavy atom. The Morgan fingerprint density at radius 3 is 2.28 bits per heavy atom. The Morgan fingerprint density at radius 1 is 1.17 bits per heavy atom. The lowest BCUT2D eigenvalue weighted by Crippen LogP contribution is -2.47. The van der Waals surface area contributed by atoms with E-state index in [1.807, 2.05) is 0 Å². The molecule has 1 heterocycles. The standard InChI is InChI=1S/C15H32N2O/c1-12(2)8-14(9-13(3)4)16-10-15-11-17(5)6-7-18-15/h12-16H,6-11H2,1-5H3. The smallest absolute Gasteiger partial charge is 0.0826 e. The van der Waals surface area contributed by atoms with Crippen LogP contribution in [-0.4, -0.2) is 50.3 Å². The molecule has 0 aromatic heterocycles. The van der Waals surface area contributed by atoms with Crippen molar-refractivity contribution >= 4 is 0 Å².